The Hall–Kier alpha value is -1.85. The van der Waals surface area contributed by atoms with Crippen molar-refractivity contribution in [1.82, 2.24) is 16.0 Å². The van der Waals surface area contributed by atoms with Crippen LogP contribution in [0.3, 0.4) is 0 Å². The minimum absolute atomic E-state index is 0.258. The van der Waals surface area contributed by atoms with Gasteiger partial charge in [0.1, 0.15) is 24.2 Å². The molecule has 0 bridgehead atoms. The molecule has 0 aliphatic heterocycles. The van der Waals surface area contributed by atoms with Crippen LogP contribution in [0.1, 0.15) is 20.3 Å². The molecular weight excluding hydrogens is 352 g/mol. The Morgan fingerprint density at radius 3 is 1.92 bits per heavy atom. The van der Waals surface area contributed by atoms with Crippen molar-refractivity contribution in [3.63, 3.8) is 0 Å². The SMILES string of the molecule is CSCCC(NC(=O)C(C)NC(=O)C(C)NC(=O)C(N)CO)C(=O)O. The van der Waals surface area contributed by atoms with E-state index in [4.69, 9.17) is 15.9 Å². The van der Waals surface area contributed by atoms with Gasteiger partial charge < -0.3 is 31.9 Å². The van der Waals surface area contributed by atoms with Crippen LogP contribution in [0.25, 0.3) is 0 Å². The van der Waals surface area contributed by atoms with Gasteiger partial charge in [0.15, 0.2) is 0 Å². The van der Waals surface area contributed by atoms with Crippen LogP contribution in [0, 0.1) is 0 Å². The molecule has 11 heteroatoms. The van der Waals surface area contributed by atoms with E-state index in [0.717, 1.165) is 0 Å². The number of carbonyl (C=O) groups is 4. The predicted octanol–water partition coefficient (Wildman–Crippen LogP) is -2.36. The minimum atomic E-state index is -1.15. The van der Waals surface area contributed by atoms with Crippen molar-refractivity contribution < 1.29 is 29.4 Å². The number of nitrogens with one attached hydrogen (secondary N) is 3. The van der Waals surface area contributed by atoms with Gasteiger partial charge in [0.25, 0.3) is 0 Å². The second kappa shape index (κ2) is 11.7. The van der Waals surface area contributed by atoms with E-state index in [9.17, 15) is 19.2 Å². The van der Waals surface area contributed by atoms with Crippen molar-refractivity contribution in [3.8, 4) is 0 Å². The van der Waals surface area contributed by atoms with E-state index in [1.807, 2.05) is 6.26 Å². The van der Waals surface area contributed by atoms with Crippen molar-refractivity contribution in [2.45, 2.75) is 44.4 Å². The first kappa shape index (κ1) is 23.1. The van der Waals surface area contributed by atoms with Gasteiger partial charge in [-0.1, -0.05) is 0 Å². The highest BCUT2D eigenvalue weighted by Crippen LogP contribution is 2.01. The van der Waals surface area contributed by atoms with Gasteiger partial charge in [0.05, 0.1) is 6.61 Å². The maximum atomic E-state index is 12.0. The van der Waals surface area contributed by atoms with Crippen LogP contribution in [0.4, 0.5) is 0 Å². The highest BCUT2D eigenvalue weighted by Gasteiger charge is 2.26. The summed E-state index contributed by atoms with van der Waals surface area (Å²) in [6, 6.07) is -4.16. The highest BCUT2D eigenvalue weighted by atomic mass is 32.2. The van der Waals surface area contributed by atoms with Crippen LogP contribution in [0.5, 0.6) is 0 Å². The summed E-state index contributed by atoms with van der Waals surface area (Å²) in [4.78, 5) is 46.6. The summed E-state index contributed by atoms with van der Waals surface area (Å²) in [5.41, 5.74) is 5.32. The smallest absolute Gasteiger partial charge is 0.326 e. The van der Waals surface area contributed by atoms with Crippen LogP contribution in [0.15, 0.2) is 0 Å². The zero-order valence-electron chi connectivity index (χ0n) is 14.4. The van der Waals surface area contributed by atoms with Crippen LogP contribution in [-0.2, 0) is 19.2 Å². The number of aliphatic carboxylic acids is 1. The highest BCUT2D eigenvalue weighted by molar-refractivity contribution is 7.98. The van der Waals surface area contributed by atoms with Crippen molar-refractivity contribution in [3.05, 3.63) is 0 Å². The maximum Gasteiger partial charge on any atom is 0.326 e. The summed E-state index contributed by atoms with van der Waals surface area (Å²) in [6.45, 7) is 2.22. The molecule has 0 heterocycles. The van der Waals surface area contributed by atoms with Crippen molar-refractivity contribution in [2.24, 2.45) is 5.73 Å². The fourth-order valence-electron chi connectivity index (χ4n) is 1.66. The van der Waals surface area contributed by atoms with Gasteiger partial charge in [0, 0.05) is 0 Å². The van der Waals surface area contributed by atoms with Crippen molar-refractivity contribution in [2.75, 3.05) is 18.6 Å². The largest absolute Gasteiger partial charge is 0.480 e. The number of amides is 3. The average Bonchev–Trinajstić information content (AvgIpc) is 2.56. The Labute approximate surface area is 150 Å². The number of thioether (sulfide) groups is 1. The third-order valence-electron chi connectivity index (χ3n) is 3.26. The molecule has 0 aromatic carbocycles. The Morgan fingerprint density at radius 1 is 1.00 bits per heavy atom. The molecule has 0 radical (unpaired) electrons. The molecule has 0 spiro atoms. The number of aliphatic hydroxyl groups excluding tert-OH is 1. The first-order valence-corrected chi connectivity index (χ1v) is 9.02. The van der Waals surface area contributed by atoms with E-state index in [0.29, 0.717) is 5.75 Å². The third kappa shape index (κ3) is 8.70. The molecule has 4 atom stereocenters. The predicted molar refractivity (Wildman–Crippen MR) is 92.8 cm³/mol. The summed E-state index contributed by atoms with van der Waals surface area (Å²) in [7, 11) is 0. The second-order valence-electron chi connectivity index (χ2n) is 5.43. The standard InChI is InChI=1S/C14H26N4O6S/c1-7(17-13(22)9(15)6-19)11(20)16-8(2)12(21)18-10(14(23)24)4-5-25-3/h7-10,19H,4-6,15H2,1-3H3,(H,16,20)(H,17,22)(H,18,21)(H,23,24). The van der Waals surface area contributed by atoms with Crippen LogP contribution in [-0.4, -0.2) is 76.7 Å². The van der Waals surface area contributed by atoms with Crippen LogP contribution < -0.4 is 21.7 Å². The quantitative estimate of drug-likeness (QED) is 0.232. The summed E-state index contributed by atoms with van der Waals surface area (Å²) in [5.74, 6) is -2.58. The Balaban J connectivity index is 4.56. The summed E-state index contributed by atoms with van der Waals surface area (Å²) < 4.78 is 0. The number of nitrogens with two attached hydrogens (primary N) is 1. The molecule has 0 aliphatic carbocycles. The van der Waals surface area contributed by atoms with E-state index >= 15 is 0 Å². The number of hydrogen-bond acceptors (Lipinski definition) is 7. The lowest BCUT2D eigenvalue weighted by molar-refractivity contribution is -0.142. The molecule has 0 aliphatic rings. The lowest BCUT2D eigenvalue weighted by atomic mass is 10.2. The normalized spacial score (nSPS) is 15.4. The zero-order chi connectivity index (χ0) is 19.6. The van der Waals surface area contributed by atoms with E-state index in [2.05, 4.69) is 16.0 Å². The molecule has 3 amide bonds. The molecule has 10 nitrogen and oxygen atoms in total. The number of hydrogen-bond donors (Lipinski definition) is 6. The molecule has 0 saturated carbocycles. The van der Waals surface area contributed by atoms with Crippen LogP contribution >= 0.6 is 11.8 Å². The molecule has 0 saturated heterocycles. The molecule has 0 aromatic rings. The summed E-state index contributed by atoms with van der Waals surface area (Å²) in [5, 5.41) is 24.9. The lowest BCUT2D eigenvalue weighted by Gasteiger charge is -2.21. The molecule has 25 heavy (non-hydrogen) atoms. The first-order valence-electron chi connectivity index (χ1n) is 7.63. The number of aliphatic hydroxyl groups is 1. The van der Waals surface area contributed by atoms with Gasteiger partial charge in [-0.15, -0.1) is 0 Å². The van der Waals surface area contributed by atoms with E-state index in [1.165, 1.54) is 25.6 Å². The first-order chi connectivity index (χ1) is 11.6. The molecule has 0 rings (SSSR count). The molecule has 4 unspecified atom stereocenters. The monoisotopic (exact) mass is 378 g/mol. The number of carboxylic acid groups (broad SMARTS) is 1. The number of carbonyl (C=O) groups excluding carboxylic acids is 3. The fraction of sp³-hybridized carbons (Fsp3) is 0.714. The molecule has 0 aromatic heterocycles. The minimum Gasteiger partial charge on any atom is -0.480 e. The van der Waals surface area contributed by atoms with Crippen molar-refractivity contribution in [1.29, 1.82) is 0 Å². The van der Waals surface area contributed by atoms with Gasteiger partial charge in [-0.25, -0.2) is 4.79 Å². The van der Waals surface area contributed by atoms with E-state index in [1.54, 1.807) is 0 Å². The lowest BCUT2D eigenvalue weighted by Crippen LogP contribution is -2.55. The zero-order valence-corrected chi connectivity index (χ0v) is 15.3. The molecule has 7 N–H and O–H groups in total. The Kier molecular flexibility index (Phi) is 10.8. The van der Waals surface area contributed by atoms with Crippen LogP contribution in [0.2, 0.25) is 0 Å². The maximum absolute atomic E-state index is 12.0. The fourth-order valence-corrected chi connectivity index (χ4v) is 2.13. The number of carboxylic acids is 1. The van der Waals surface area contributed by atoms with Crippen molar-refractivity contribution >= 4 is 35.5 Å². The Morgan fingerprint density at radius 2 is 1.48 bits per heavy atom. The molecule has 144 valence electrons. The third-order valence-corrected chi connectivity index (χ3v) is 3.91. The molecular formula is C14H26N4O6S. The second-order valence-corrected chi connectivity index (χ2v) is 6.42. The van der Waals surface area contributed by atoms with Gasteiger partial charge in [0.2, 0.25) is 17.7 Å². The van der Waals surface area contributed by atoms with Gasteiger partial charge in [-0.05, 0) is 32.3 Å². The average molecular weight is 378 g/mol. The summed E-state index contributed by atoms with van der Waals surface area (Å²) in [6.07, 6.45) is 2.08. The van der Waals surface area contributed by atoms with E-state index in [-0.39, 0.29) is 6.42 Å². The summed E-state index contributed by atoms with van der Waals surface area (Å²) >= 11 is 1.45. The molecule has 0 fully saturated rings. The van der Waals surface area contributed by atoms with Gasteiger partial charge in [-0.2, -0.15) is 11.8 Å². The van der Waals surface area contributed by atoms with E-state index < -0.39 is 54.5 Å². The van der Waals surface area contributed by atoms with Gasteiger partial charge in [-0.3, -0.25) is 14.4 Å². The van der Waals surface area contributed by atoms with Gasteiger partial charge >= 0.3 is 5.97 Å². The Bertz CT molecular complexity index is 490. The number of rotatable bonds is 11. The topological polar surface area (TPSA) is 171 Å².